The molecule has 3 nitrogen and oxygen atoms in total. The molecule has 0 radical (unpaired) electrons. The fourth-order valence-corrected chi connectivity index (χ4v) is 2.26. The van der Waals surface area contributed by atoms with Crippen LogP contribution in [0.15, 0.2) is 29.6 Å². The second-order valence-electron chi connectivity index (χ2n) is 4.01. The van der Waals surface area contributed by atoms with E-state index in [1.165, 1.54) is 0 Å². The first-order valence-corrected chi connectivity index (χ1v) is 7.08. The molecule has 0 unspecified atom stereocenters. The summed E-state index contributed by atoms with van der Waals surface area (Å²) in [5.74, 6) is 0.927. The van der Waals surface area contributed by atoms with Crippen LogP contribution in [0.5, 0.6) is 5.75 Å². The molecule has 1 heterocycles. The van der Waals surface area contributed by atoms with E-state index in [1.54, 1.807) is 11.3 Å². The molecule has 0 atom stereocenters. The maximum Gasteiger partial charge on any atom is 0.182 e. The summed E-state index contributed by atoms with van der Waals surface area (Å²) < 4.78 is 5.63. The molecule has 0 aliphatic heterocycles. The Balaban J connectivity index is 2.02. The summed E-state index contributed by atoms with van der Waals surface area (Å²) in [5.41, 5.74) is 2.13. The van der Waals surface area contributed by atoms with Gasteiger partial charge in [0, 0.05) is 18.0 Å². The highest BCUT2D eigenvalue weighted by molar-refractivity contribution is 7.14. The molecule has 2 aromatic rings. The molecule has 2 rings (SSSR count). The Labute approximate surface area is 112 Å². The minimum atomic E-state index is 0.788. The summed E-state index contributed by atoms with van der Waals surface area (Å²) in [5, 5.41) is 6.04. The molecule has 1 aromatic carbocycles. The van der Waals surface area contributed by atoms with Gasteiger partial charge in [0.15, 0.2) is 5.13 Å². The largest absolute Gasteiger partial charge is 0.494 e. The predicted molar refractivity (Wildman–Crippen MR) is 77.5 cm³/mol. The number of unbranched alkanes of at least 4 members (excludes halogenated alkanes) is 1. The SMILES string of the molecule is CCCCOc1ccc(-c2csc(NC)n2)cc1. The first-order chi connectivity index (χ1) is 8.83. The van der Waals surface area contributed by atoms with Crippen molar-refractivity contribution in [2.24, 2.45) is 0 Å². The average molecular weight is 262 g/mol. The molecule has 4 heteroatoms. The Morgan fingerprint density at radius 1 is 1.28 bits per heavy atom. The first-order valence-electron chi connectivity index (χ1n) is 6.20. The number of nitrogens with one attached hydrogen (secondary N) is 1. The zero-order chi connectivity index (χ0) is 12.8. The molecule has 0 spiro atoms. The van der Waals surface area contributed by atoms with Crippen LogP contribution in [-0.2, 0) is 0 Å². The summed E-state index contributed by atoms with van der Waals surface area (Å²) in [6.45, 7) is 2.95. The molecular formula is C14H18N2OS. The maximum absolute atomic E-state index is 5.63. The van der Waals surface area contributed by atoms with E-state index in [-0.39, 0.29) is 0 Å². The average Bonchev–Trinajstić information content (AvgIpc) is 2.89. The van der Waals surface area contributed by atoms with Crippen molar-refractivity contribution in [1.29, 1.82) is 0 Å². The number of benzene rings is 1. The summed E-state index contributed by atoms with van der Waals surface area (Å²) in [4.78, 5) is 4.47. The summed E-state index contributed by atoms with van der Waals surface area (Å²) in [6, 6.07) is 8.11. The van der Waals surface area contributed by atoms with Crippen LogP contribution in [0, 0.1) is 0 Å². The molecule has 0 aliphatic carbocycles. The lowest BCUT2D eigenvalue weighted by molar-refractivity contribution is 0.309. The van der Waals surface area contributed by atoms with Gasteiger partial charge in [0.2, 0.25) is 0 Å². The molecular weight excluding hydrogens is 244 g/mol. The quantitative estimate of drug-likeness (QED) is 0.798. The van der Waals surface area contributed by atoms with Crippen molar-refractivity contribution in [1.82, 2.24) is 4.98 Å². The maximum atomic E-state index is 5.63. The van der Waals surface area contributed by atoms with Gasteiger partial charge in [-0.3, -0.25) is 0 Å². The summed E-state index contributed by atoms with van der Waals surface area (Å²) >= 11 is 1.61. The van der Waals surface area contributed by atoms with Crippen LogP contribution in [0.2, 0.25) is 0 Å². The van der Waals surface area contributed by atoms with Crippen molar-refractivity contribution in [2.45, 2.75) is 19.8 Å². The highest BCUT2D eigenvalue weighted by Crippen LogP contribution is 2.26. The van der Waals surface area contributed by atoms with Gasteiger partial charge < -0.3 is 10.1 Å². The first kappa shape index (κ1) is 12.9. The van der Waals surface area contributed by atoms with E-state index in [4.69, 9.17) is 4.74 Å². The van der Waals surface area contributed by atoms with Crippen LogP contribution < -0.4 is 10.1 Å². The molecule has 0 saturated heterocycles. The van der Waals surface area contributed by atoms with Crippen molar-refractivity contribution in [3.63, 3.8) is 0 Å². The third-order valence-electron chi connectivity index (χ3n) is 2.63. The Bertz CT molecular complexity index is 479. The molecule has 0 aliphatic rings. The van der Waals surface area contributed by atoms with Gasteiger partial charge >= 0.3 is 0 Å². The zero-order valence-corrected chi connectivity index (χ0v) is 11.6. The second kappa shape index (κ2) is 6.40. The van der Waals surface area contributed by atoms with E-state index in [1.807, 2.05) is 19.2 Å². The predicted octanol–water partition coefficient (Wildman–Crippen LogP) is 4.03. The summed E-state index contributed by atoms with van der Waals surface area (Å²) in [6.07, 6.45) is 2.25. The normalized spacial score (nSPS) is 10.3. The van der Waals surface area contributed by atoms with Crippen molar-refractivity contribution in [2.75, 3.05) is 19.0 Å². The third-order valence-corrected chi connectivity index (χ3v) is 3.49. The Hall–Kier alpha value is -1.55. The fraction of sp³-hybridized carbons (Fsp3) is 0.357. The molecule has 0 bridgehead atoms. The van der Waals surface area contributed by atoms with E-state index < -0.39 is 0 Å². The standard InChI is InChI=1S/C14H18N2OS/c1-3-4-9-17-12-7-5-11(6-8-12)13-10-18-14(15-2)16-13/h5-8,10H,3-4,9H2,1-2H3,(H,15,16). The molecule has 18 heavy (non-hydrogen) atoms. The van der Waals surface area contributed by atoms with Crippen molar-refractivity contribution in [3.8, 4) is 17.0 Å². The van der Waals surface area contributed by atoms with Gasteiger partial charge in [0.1, 0.15) is 5.75 Å². The number of aromatic nitrogens is 1. The lowest BCUT2D eigenvalue weighted by Crippen LogP contribution is -1.95. The van der Waals surface area contributed by atoms with Gasteiger partial charge in [-0.2, -0.15) is 0 Å². The van der Waals surface area contributed by atoms with Crippen molar-refractivity contribution >= 4 is 16.5 Å². The number of anilines is 1. The van der Waals surface area contributed by atoms with Crippen LogP contribution in [0.4, 0.5) is 5.13 Å². The Morgan fingerprint density at radius 3 is 2.67 bits per heavy atom. The molecule has 0 amide bonds. The lowest BCUT2D eigenvalue weighted by atomic mass is 10.2. The topological polar surface area (TPSA) is 34.1 Å². The Morgan fingerprint density at radius 2 is 2.06 bits per heavy atom. The Kier molecular flexibility index (Phi) is 4.59. The molecule has 1 N–H and O–H groups in total. The second-order valence-corrected chi connectivity index (χ2v) is 4.87. The lowest BCUT2D eigenvalue weighted by Gasteiger charge is -2.05. The molecule has 96 valence electrons. The van der Waals surface area contributed by atoms with E-state index in [2.05, 4.69) is 34.7 Å². The summed E-state index contributed by atoms with van der Waals surface area (Å²) in [7, 11) is 1.88. The number of ether oxygens (including phenoxy) is 1. The van der Waals surface area contributed by atoms with Gasteiger partial charge in [-0.15, -0.1) is 11.3 Å². The number of hydrogen-bond donors (Lipinski definition) is 1. The van der Waals surface area contributed by atoms with Crippen LogP contribution in [-0.4, -0.2) is 18.6 Å². The van der Waals surface area contributed by atoms with Gasteiger partial charge in [-0.05, 0) is 30.7 Å². The fourth-order valence-electron chi connectivity index (χ4n) is 1.58. The smallest absolute Gasteiger partial charge is 0.182 e. The van der Waals surface area contributed by atoms with Crippen LogP contribution in [0.3, 0.4) is 0 Å². The molecule has 1 aromatic heterocycles. The van der Waals surface area contributed by atoms with Gasteiger partial charge in [0.05, 0.1) is 12.3 Å². The number of thiazole rings is 1. The highest BCUT2D eigenvalue weighted by atomic mass is 32.1. The monoisotopic (exact) mass is 262 g/mol. The van der Waals surface area contributed by atoms with Crippen molar-refractivity contribution in [3.05, 3.63) is 29.6 Å². The van der Waals surface area contributed by atoms with E-state index >= 15 is 0 Å². The minimum Gasteiger partial charge on any atom is -0.494 e. The van der Waals surface area contributed by atoms with E-state index in [0.29, 0.717) is 0 Å². The van der Waals surface area contributed by atoms with E-state index in [9.17, 15) is 0 Å². The van der Waals surface area contributed by atoms with Crippen LogP contribution >= 0.6 is 11.3 Å². The number of nitrogens with zero attached hydrogens (tertiary/aromatic N) is 1. The van der Waals surface area contributed by atoms with Crippen LogP contribution in [0.25, 0.3) is 11.3 Å². The van der Waals surface area contributed by atoms with E-state index in [0.717, 1.165) is 41.6 Å². The van der Waals surface area contributed by atoms with Gasteiger partial charge in [0.25, 0.3) is 0 Å². The molecule has 0 fully saturated rings. The van der Waals surface area contributed by atoms with Crippen LogP contribution in [0.1, 0.15) is 19.8 Å². The number of hydrogen-bond acceptors (Lipinski definition) is 4. The van der Waals surface area contributed by atoms with Gasteiger partial charge in [-0.1, -0.05) is 13.3 Å². The number of rotatable bonds is 6. The zero-order valence-electron chi connectivity index (χ0n) is 10.8. The van der Waals surface area contributed by atoms with Crippen molar-refractivity contribution < 1.29 is 4.74 Å². The highest BCUT2D eigenvalue weighted by Gasteiger charge is 2.03. The van der Waals surface area contributed by atoms with Gasteiger partial charge in [-0.25, -0.2) is 4.98 Å². The molecule has 0 saturated carbocycles. The third kappa shape index (κ3) is 3.23. The minimum absolute atomic E-state index is 0.788.